The van der Waals surface area contributed by atoms with E-state index in [1.54, 1.807) is 14.0 Å². The molecule has 0 bridgehead atoms. The SMILES string of the molecule is Cc1nn(C)cc1P(=O)(O)O. The van der Waals surface area contributed by atoms with Crippen molar-refractivity contribution in [2.75, 3.05) is 0 Å². The van der Waals surface area contributed by atoms with E-state index in [1.165, 1.54) is 10.9 Å². The van der Waals surface area contributed by atoms with Crippen molar-refractivity contribution in [3.05, 3.63) is 11.9 Å². The van der Waals surface area contributed by atoms with E-state index in [0.717, 1.165) is 0 Å². The summed E-state index contributed by atoms with van der Waals surface area (Å²) in [4.78, 5) is 17.5. The molecule has 0 aromatic carbocycles. The van der Waals surface area contributed by atoms with Crippen LogP contribution in [0, 0.1) is 6.92 Å². The molecule has 0 radical (unpaired) electrons. The Kier molecular flexibility index (Phi) is 1.88. The molecule has 1 rings (SSSR count). The Morgan fingerprint density at radius 3 is 2.36 bits per heavy atom. The highest BCUT2D eigenvalue weighted by Gasteiger charge is 2.22. The Bertz CT molecular complexity index is 314. The third kappa shape index (κ3) is 1.68. The van der Waals surface area contributed by atoms with Gasteiger partial charge in [0.05, 0.1) is 5.69 Å². The molecule has 0 atom stereocenters. The second-order valence-electron chi connectivity index (χ2n) is 2.32. The van der Waals surface area contributed by atoms with Gasteiger partial charge in [-0.15, -0.1) is 0 Å². The molecule has 0 saturated heterocycles. The minimum absolute atomic E-state index is 0.000000000000000222. The van der Waals surface area contributed by atoms with Crippen molar-refractivity contribution in [3.8, 4) is 0 Å². The van der Waals surface area contributed by atoms with Crippen molar-refractivity contribution in [1.29, 1.82) is 0 Å². The fraction of sp³-hybridized carbons (Fsp3) is 0.400. The minimum atomic E-state index is -4.12. The third-order valence-corrected chi connectivity index (χ3v) is 2.37. The fourth-order valence-electron chi connectivity index (χ4n) is 0.873. The summed E-state index contributed by atoms with van der Waals surface area (Å²) >= 11 is 0. The molecule has 1 aromatic rings. The first-order valence-electron chi connectivity index (χ1n) is 2.97. The molecule has 0 spiro atoms. The predicted molar refractivity (Wildman–Crippen MR) is 39.6 cm³/mol. The zero-order valence-corrected chi connectivity index (χ0v) is 7.12. The van der Waals surface area contributed by atoms with E-state index >= 15 is 0 Å². The Morgan fingerprint density at radius 2 is 2.18 bits per heavy atom. The van der Waals surface area contributed by atoms with Crippen molar-refractivity contribution in [1.82, 2.24) is 9.78 Å². The number of nitrogens with zero attached hydrogens (tertiary/aromatic N) is 2. The van der Waals surface area contributed by atoms with Crippen LogP contribution >= 0.6 is 7.60 Å². The Labute approximate surface area is 63.8 Å². The summed E-state index contributed by atoms with van der Waals surface area (Å²) in [5, 5.41) is 3.80. The number of hydrogen-bond donors (Lipinski definition) is 2. The van der Waals surface area contributed by atoms with Gasteiger partial charge in [0.25, 0.3) is 0 Å². The largest absolute Gasteiger partial charge is 0.359 e. The van der Waals surface area contributed by atoms with E-state index in [-0.39, 0.29) is 5.30 Å². The van der Waals surface area contributed by atoms with Gasteiger partial charge in [-0.2, -0.15) is 5.10 Å². The molecule has 6 heteroatoms. The smallest absolute Gasteiger partial charge is 0.321 e. The van der Waals surface area contributed by atoms with E-state index in [9.17, 15) is 4.57 Å². The van der Waals surface area contributed by atoms with Crippen LogP contribution < -0.4 is 5.30 Å². The van der Waals surface area contributed by atoms with Crippen molar-refractivity contribution in [3.63, 3.8) is 0 Å². The lowest BCUT2D eigenvalue weighted by atomic mass is 10.5. The van der Waals surface area contributed by atoms with Gasteiger partial charge in [0.15, 0.2) is 0 Å². The topological polar surface area (TPSA) is 75.4 Å². The second-order valence-corrected chi connectivity index (χ2v) is 3.89. The van der Waals surface area contributed by atoms with Gasteiger partial charge < -0.3 is 9.79 Å². The van der Waals surface area contributed by atoms with Crippen LogP contribution in [0.2, 0.25) is 0 Å². The molecule has 0 amide bonds. The molecule has 0 saturated carbocycles. The van der Waals surface area contributed by atoms with Crippen LogP contribution in [0.5, 0.6) is 0 Å². The molecular formula is C5H9N2O3P. The van der Waals surface area contributed by atoms with Gasteiger partial charge in [0.1, 0.15) is 5.30 Å². The van der Waals surface area contributed by atoms with Gasteiger partial charge >= 0.3 is 7.60 Å². The van der Waals surface area contributed by atoms with Crippen LogP contribution in [0.3, 0.4) is 0 Å². The van der Waals surface area contributed by atoms with Crippen LogP contribution in [0.25, 0.3) is 0 Å². The zero-order chi connectivity index (χ0) is 8.65. The quantitative estimate of drug-likeness (QED) is 0.567. The molecule has 0 fully saturated rings. The van der Waals surface area contributed by atoms with Crippen molar-refractivity contribution in [2.45, 2.75) is 6.92 Å². The predicted octanol–water partition coefficient (Wildman–Crippen LogP) is -0.468. The van der Waals surface area contributed by atoms with Gasteiger partial charge in [-0.3, -0.25) is 9.25 Å². The average molecular weight is 176 g/mol. The molecule has 1 aromatic heterocycles. The summed E-state index contributed by atoms with van der Waals surface area (Å²) < 4.78 is 12.1. The summed E-state index contributed by atoms with van der Waals surface area (Å²) in [5.74, 6) is 0. The van der Waals surface area contributed by atoms with Crippen LogP contribution in [0.15, 0.2) is 6.20 Å². The third-order valence-electron chi connectivity index (χ3n) is 1.30. The summed E-state index contributed by atoms with van der Waals surface area (Å²) in [6.07, 6.45) is 1.33. The highest BCUT2D eigenvalue weighted by Crippen LogP contribution is 2.33. The number of hydrogen-bond acceptors (Lipinski definition) is 2. The van der Waals surface area contributed by atoms with Crippen LogP contribution in [0.4, 0.5) is 0 Å². The monoisotopic (exact) mass is 176 g/mol. The lowest BCUT2D eigenvalue weighted by Gasteiger charge is -1.98. The number of aryl methyl sites for hydroxylation is 2. The highest BCUT2D eigenvalue weighted by molar-refractivity contribution is 7.60. The first-order chi connectivity index (χ1) is 4.91. The summed E-state index contributed by atoms with van der Waals surface area (Å²) in [5.41, 5.74) is 0.376. The van der Waals surface area contributed by atoms with E-state index < -0.39 is 7.60 Å². The molecule has 0 aliphatic carbocycles. The van der Waals surface area contributed by atoms with E-state index in [4.69, 9.17) is 9.79 Å². The van der Waals surface area contributed by atoms with Crippen LogP contribution in [0.1, 0.15) is 5.69 Å². The minimum Gasteiger partial charge on any atom is -0.321 e. The van der Waals surface area contributed by atoms with Gasteiger partial charge in [-0.05, 0) is 6.92 Å². The van der Waals surface area contributed by atoms with Crippen molar-refractivity contribution in [2.24, 2.45) is 7.05 Å². The van der Waals surface area contributed by atoms with Crippen LogP contribution in [-0.4, -0.2) is 19.6 Å². The first kappa shape index (κ1) is 8.46. The molecule has 0 aliphatic rings. The fourth-order valence-corrected chi connectivity index (χ4v) is 1.66. The molecular weight excluding hydrogens is 167 g/mol. The summed E-state index contributed by atoms with van der Waals surface area (Å²) in [6.45, 7) is 1.56. The van der Waals surface area contributed by atoms with Gasteiger partial charge in [-0.25, -0.2) is 0 Å². The lowest BCUT2D eigenvalue weighted by Crippen LogP contribution is -2.04. The van der Waals surface area contributed by atoms with E-state index in [2.05, 4.69) is 5.10 Å². The maximum absolute atomic E-state index is 10.7. The molecule has 2 N–H and O–H groups in total. The Balaban J connectivity index is 3.24. The van der Waals surface area contributed by atoms with Crippen LogP contribution in [-0.2, 0) is 11.6 Å². The Hall–Kier alpha value is -0.640. The van der Waals surface area contributed by atoms with E-state index in [0.29, 0.717) is 5.69 Å². The van der Waals surface area contributed by atoms with Crippen molar-refractivity contribution < 1.29 is 14.4 Å². The normalized spacial score (nSPS) is 12.0. The number of aromatic nitrogens is 2. The lowest BCUT2D eigenvalue weighted by molar-refractivity contribution is 0.387. The van der Waals surface area contributed by atoms with Crippen molar-refractivity contribution >= 4 is 12.9 Å². The molecule has 0 unspecified atom stereocenters. The van der Waals surface area contributed by atoms with Gasteiger partial charge in [-0.1, -0.05) is 0 Å². The van der Waals surface area contributed by atoms with E-state index in [1.807, 2.05) is 0 Å². The van der Waals surface area contributed by atoms with Gasteiger partial charge in [0.2, 0.25) is 0 Å². The average Bonchev–Trinajstić information content (AvgIpc) is 2.08. The first-order valence-corrected chi connectivity index (χ1v) is 4.59. The molecule has 1 heterocycles. The second kappa shape index (κ2) is 2.44. The molecule has 0 aliphatic heterocycles. The number of rotatable bonds is 1. The summed E-state index contributed by atoms with van der Waals surface area (Å²) in [6, 6.07) is 0. The maximum Gasteiger partial charge on any atom is 0.359 e. The maximum atomic E-state index is 10.7. The Morgan fingerprint density at radius 1 is 1.64 bits per heavy atom. The standard InChI is InChI=1S/C5H9N2O3P/c1-4-5(11(8,9)10)3-7(2)6-4/h3H,1-2H3,(H2,8,9,10). The van der Waals surface area contributed by atoms with Gasteiger partial charge in [0, 0.05) is 13.2 Å². The molecule has 5 nitrogen and oxygen atoms in total. The molecule has 11 heavy (non-hydrogen) atoms. The molecule has 62 valence electrons. The highest BCUT2D eigenvalue weighted by atomic mass is 31.2. The summed E-state index contributed by atoms with van der Waals surface area (Å²) in [7, 11) is -2.50. The zero-order valence-electron chi connectivity index (χ0n) is 6.22.